The minimum atomic E-state index is -0.462. The number of rotatable bonds is 8. The van der Waals surface area contributed by atoms with Crippen molar-refractivity contribution >= 4 is 17.2 Å². The molecule has 0 aromatic carbocycles. The molecule has 1 aromatic heterocycles. The Balaban J connectivity index is 1.85. The number of carbonyl (C=O) groups excluding carboxylic acids is 1. The van der Waals surface area contributed by atoms with Crippen LogP contribution in [0.2, 0.25) is 0 Å². The molecule has 132 valence electrons. The molecule has 0 saturated heterocycles. The molecule has 1 amide bonds. The molecular weight excluding hydrogens is 326 g/mol. The van der Waals surface area contributed by atoms with E-state index < -0.39 is 6.29 Å². The predicted molar refractivity (Wildman–Crippen MR) is 92.6 cm³/mol. The number of hydrogen-bond acceptors (Lipinski definition) is 5. The van der Waals surface area contributed by atoms with Crippen LogP contribution in [-0.4, -0.2) is 36.6 Å². The first kappa shape index (κ1) is 17.5. The lowest BCUT2D eigenvalue weighted by molar-refractivity contribution is -0.166. The maximum Gasteiger partial charge on any atom is 0.286 e. The quantitative estimate of drug-likeness (QED) is 0.756. The first-order chi connectivity index (χ1) is 11.7. The summed E-state index contributed by atoms with van der Waals surface area (Å²) in [6.07, 6.45) is 5.03. The van der Waals surface area contributed by atoms with Gasteiger partial charge in [0.25, 0.3) is 5.91 Å². The smallest absolute Gasteiger partial charge is 0.286 e. The van der Waals surface area contributed by atoms with Crippen LogP contribution < -0.4 is 5.32 Å². The van der Waals surface area contributed by atoms with E-state index in [0.29, 0.717) is 24.8 Å². The number of carbonyl (C=O) groups is 1. The van der Waals surface area contributed by atoms with Gasteiger partial charge in [-0.05, 0) is 61.1 Å². The molecule has 1 aromatic rings. The fourth-order valence-electron chi connectivity index (χ4n) is 3.09. The third-order valence-corrected chi connectivity index (χ3v) is 5.18. The van der Waals surface area contributed by atoms with Gasteiger partial charge in [-0.25, -0.2) is 0 Å². The van der Waals surface area contributed by atoms with E-state index >= 15 is 0 Å². The Kier molecular flexibility index (Phi) is 5.92. The van der Waals surface area contributed by atoms with Crippen LogP contribution in [0.4, 0.5) is 0 Å². The van der Waals surface area contributed by atoms with E-state index in [-0.39, 0.29) is 24.3 Å². The molecule has 6 heteroatoms. The molecule has 0 unspecified atom stereocenters. The highest BCUT2D eigenvalue weighted by molar-refractivity contribution is 7.08. The van der Waals surface area contributed by atoms with Crippen LogP contribution in [0.5, 0.6) is 0 Å². The fraction of sp³-hybridized carbons (Fsp3) is 0.611. The van der Waals surface area contributed by atoms with E-state index in [4.69, 9.17) is 9.47 Å². The van der Waals surface area contributed by atoms with Crippen molar-refractivity contribution in [2.45, 2.75) is 50.9 Å². The molecule has 3 atom stereocenters. The molecule has 1 aliphatic carbocycles. The maximum absolute atomic E-state index is 12.4. The van der Waals surface area contributed by atoms with Crippen molar-refractivity contribution in [3.05, 3.63) is 34.2 Å². The molecule has 2 N–H and O–H groups in total. The van der Waals surface area contributed by atoms with Crippen LogP contribution in [0.3, 0.4) is 0 Å². The fourth-order valence-corrected chi connectivity index (χ4v) is 3.80. The minimum absolute atomic E-state index is 0.0630. The summed E-state index contributed by atoms with van der Waals surface area (Å²) in [5.74, 6) is 0.358. The van der Waals surface area contributed by atoms with Crippen molar-refractivity contribution in [1.82, 2.24) is 5.32 Å². The van der Waals surface area contributed by atoms with Crippen molar-refractivity contribution in [3.63, 3.8) is 0 Å². The van der Waals surface area contributed by atoms with E-state index in [1.54, 1.807) is 11.3 Å². The highest BCUT2D eigenvalue weighted by Gasteiger charge is 2.38. The standard InChI is InChI=1S/C18H25NO4S/c1-2-22-18-14(4-3-8-20)15(12-7-9-24-11-12)10-16(23-18)17(21)19-13-5-6-13/h7,9-11,13-15,18,20H,2-6,8H2,1H3,(H,19,21)/t14-,15+,18+/m0/s1. The Morgan fingerprint density at radius 3 is 2.96 bits per heavy atom. The van der Waals surface area contributed by atoms with Gasteiger partial charge in [0.15, 0.2) is 5.76 Å². The second-order valence-electron chi connectivity index (χ2n) is 6.33. The Hall–Kier alpha value is -1.37. The van der Waals surface area contributed by atoms with E-state index in [1.807, 2.05) is 18.4 Å². The highest BCUT2D eigenvalue weighted by Crippen LogP contribution is 2.40. The van der Waals surface area contributed by atoms with Crippen LogP contribution in [0.25, 0.3) is 0 Å². The summed E-state index contributed by atoms with van der Waals surface area (Å²) < 4.78 is 11.7. The van der Waals surface area contributed by atoms with E-state index in [0.717, 1.165) is 19.3 Å². The first-order valence-corrected chi connectivity index (χ1v) is 9.61. The lowest BCUT2D eigenvalue weighted by Gasteiger charge is -2.36. The van der Waals surface area contributed by atoms with Crippen molar-refractivity contribution in [2.75, 3.05) is 13.2 Å². The number of nitrogens with one attached hydrogen (secondary N) is 1. The normalized spacial score (nSPS) is 26.6. The SMILES string of the molecule is CCO[C@@H]1OC(C(=O)NC2CC2)=C[C@H](c2ccsc2)[C@@H]1CCCO. The Labute approximate surface area is 146 Å². The number of ether oxygens (including phenoxy) is 2. The second-order valence-corrected chi connectivity index (χ2v) is 7.11. The topological polar surface area (TPSA) is 67.8 Å². The van der Waals surface area contributed by atoms with Gasteiger partial charge in [-0.1, -0.05) is 0 Å². The van der Waals surface area contributed by atoms with Crippen LogP contribution >= 0.6 is 11.3 Å². The summed E-state index contributed by atoms with van der Waals surface area (Å²) in [7, 11) is 0. The largest absolute Gasteiger partial charge is 0.459 e. The third kappa shape index (κ3) is 4.18. The van der Waals surface area contributed by atoms with Gasteiger partial charge in [0, 0.05) is 31.1 Å². The average molecular weight is 351 g/mol. The molecular formula is C18H25NO4S. The van der Waals surface area contributed by atoms with Crippen LogP contribution in [0, 0.1) is 5.92 Å². The lowest BCUT2D eigenvalue weighted by Crippen LogP contribution is -2.39. The van der Waals surface area contributed by atoms with Crippen molar-refractivity contribution in [1.29, 1.82) is 0 Å². The lowest BCUT2D eigenvalue weighted by atomic mass is 9.81. The molecule has 5 nitrogen and oxygen atoms in total. The number of hydrogen-bond donors (Lipinski definition) is 2. The van der Waals surface area contributed by atoms with Crippen LogP contribution in [0.15, 0.2) is 28.7 Å². The summed E-state index contributed by atoms with van der Waals surface area (Å²) in [6, 6.07) is 2.38. The van der Waals surface area contributed by atoms with Gasteiger partial charge in [0.05, 0.1) is 0 Å². The molecule has 0 spiro atoms. The first-order valence-electron chi connectivity index (χ1n) is 8.66. The molecule has 2 aliphatic rings. The van der Waals surface area contributed by atoms with E-state index in [9.17, 15) is 9.90 Å². The van der Waals surface area contributed by atoms with Gasteiger partial charge in [0.1, 0.15) is 0 Å². The zero-order chi connectivity index (χ0) is 16.9. The number of allylic oxidation sites excluding steroid dienone is 1. The molecule has 0 radical (unpaired) electrons. The molecule has 0 bridgehead atoms. The molecule has 1 saturated carbocycles. The third-order valence-electron chi connectivity index (χ3n) is 4.48. The van der Waals surface area contributed by atoms with Crippen LogP contribution in [0.1, 0.15) is 44.1 Å². The van der Waals surface area contributed by atoms with E-state index in [2.05, 4.69) is 16.8 Å². The maximum atomic E-state index is 12.4. The summed E-state index contributed by atoms with van der Waals surface area (Å²) >= 11 is 1.64. The van der Waals surface area contributed by atoms with Crippen LogP contribution in [-0.2, 0) is 14.3 Å². The summed E-state index contributed by atoms with van der Waals surface area (Å²) in [5, 5.41) is 16.4. The number of aliphatic hydroxyl groups is 1. The van der Waals surface area contributed by atoms with Gasteiger partial charge >= 0.3 is 0 Å². The monoisotopic (exact) mass is 351 g/mol. The molecule has 2 heterocycles. The zero-order valence-corrected chi connectivity index (χ0v) is 14.8. The predicted octanol–water partition coefficient (Wildman–Crippen LogP) is 2.78. The van der Waals surface area contributed by atoms with Gasteiger partial charge in [-0.2, -0.15) is 11.3 Å². The molecule has 24 heavy (non-hydrogen) atoms. The summed E-state index contributed by atoms with van der Waals surface area (Å²) in [6.45, 7) is 2.59. The summed E-state index contributed by atoms with van der Waals surface area (Å²) in [5.41, 5.74) is 1.17. The molecule has 3 rings (SSSR count). The van der Waals surface area contributed by atoms with Crippen molar-refractivity contribution in [2.24, 2.45) is 5.92 Å². The molecule has 1 fully saturated rings. The Morgan fingerprint density at radius 1 is 1.50 bits per heavy atom. The zero-order valence-electron chi connectivity index (χ0n) is 13.9. The number of thiophene rings is 1. The van der Waals surface area contributed by atoms with Crippen molar-refractivity contribution < 1.29 is 19.4 Å². The second kappa shape index (κ2) is 8.14. The highest BCUT2D eigenvalue weighted by atomic mass is 32.1. The van der Waals surface area contributed by atoms with Gasteiger partial charge in [0.2, 0.25) is 6.29 Å². The number of aliphatic hydroxyl groups excluding tert-OH is 1. The Bertz CT molecular complexity index is 568. The number of amides is 1. The van der Waals surface area contributed by atoms with Gasteiger partial charge in [-0.3, -0.25) is 4.79 Å². The van der Waals surface area contributed by atoms with Crippen molar-refractivity contribution in [3.8, 4) is 0 Å². The minimum Gasteiger partial charge on any atom is -0.459 e. The van der Waals surface area contributed by atoms with E-state index in [1.165, 1.54) is 5.56 Å². The molecule has 1 aliphatic heterocycles. The Morgan fingerprint density at radius 2 is 2.33 bits per heavy atom. The summed E-state index contributed by atoms with van der Waals surface area (Å²) in [4.78, 5) is 12.4. The van der Waals surface area contributed by atoms with Gasteiger partial charge in [-0.15, -0.1) is 0 Å². The van der Waals surface area contributed by atoms with Gasteiger partial charge < -0.3 is 19.9 Å². The average Bonchev–Trinajstić information content (AvgIpc) is 3.23.